The SMILES string of the molecule is CC(C)(C)[Si](C)(C)OCCCCc1ccc(F)cc1. The zero-order valence-electron chi connectivity index (χ0n) is 12.9. The van der Waals surface area contributed by atoms with Crippen molar-refractivity contribution in [2.45, 2.75) is 58.2 Å². The average Bonchev–Trinajstić information content (AvgIpc) is 2.29. The Balaban J connectivity index is 2.23. The maximum atomic E-state index is 12.8. The molecule has 0 radical (unpaired) electrons. The summed E-state index contributed by atoms with van der Waals surface area (Å²) in [6.45, 7) is 12.2. The van der Waals surface area contributed by atoms with E-state index in [1.165, 1.54) is 17.7 Å². The zero-order chi connectivity index (χ0) is 14.5. The van der Waals surface area contributed by atoms with Crippen molar-refractivity contribution in [2.75, 3.05) is 6.61 Å². The summed E-state index contributed by atoms with van der Waals surface area (Å²) in [5, 5.41) is 0.282. The Morgan fingerprint density at radius 1 is 1.05 bits per heavy atom. The normalized spacial score (nSPS) is 12.7. The van der Waals surface area contributed by atoms with Crippen molar-refractivity contribution < 1.29 is 8.82 Å². The first-order valence-corrected chi connectivity index (χ1v) is 10.0. The molecule has 0 amide bonds. The molecule has 0 atom stereocenters. The number of halogens is 1. The second kappa shape index (κ2) is 6.66. The number of benzene rings is 1. The van der Waals surface area contributed by atoms with Crippen molar-refractivity contribution in [1.82, 2.24) is 0 Å². The second-order valence-electron chi connectivity index (χ2n) is 6.69. The lowest BCUT2D eigenvalue weighted by Crippen LogP contribution is -2.40. The lowest BCUT2D eigenvalue weighted by atomic mass is 10.1. The van der Waals surface area contributed by atoms with Gasteiger partial charge in [0.25, 0.3) is 0 Å². The van der Waals surface area contributed by atoms with E-state index in [0.717, 1.165) is 25.9 Å². The summed E-state index contributed by atoms with van der Waals surface area (Å²) in [7, 11) is -1.59. The standard InChI is InChI=1S/C16H27FOSi/c1-16(2,3)19(4,5)18-13-7-6-8-14-9-11-15(17)12-10-14/h9-12H,6-8,13H2,1-5H3. The van der Waals surface area contributed by atoms with Crippen molar-refractivity contribution >= 4 is 8.32 Å². The molecular formula is C16H27FOSi. The molecule has 1 aromatic rings. The summed E-state index contributed by atoms with van der Waals surface area (Å²) in [4.78, 5) is 0. The Morgan fingerprint density at radius 2 is 1.63 bits per heavy atom. The Kier molecular flexibility index (Phi) is 5.75. The quantitative estimate of drug-likeness (QED) is 0.516. The predicted octanol–water partition coefficient (Wildman–Crippen LogP) is 5.17. The summed E-state index contributed by atoms with van der Waals surface area (Å²) >= 11 is 0. The number of hydrogen-bond donors (Lipinski definition) is 0. The van der Waals surface area contributed by atoms with Crippen molar-refractivity contribution in [3.63, 3.8) is 0 Å². The molecule has 0 saturated carbocycles. The van der Waals surface area contributed by atoms with Gasteiger partial charge in [-0.2, -0.15) is 0 Å². The van der Waals surface area contributed by atoms with E-state index < -0.39 is 8.32 Å². The van der Waals surface area contributed by atoms with Crippen molar-refractivity contribution in [3.8, 4) is 0 Å². The van der Waals surface area contributed by atoms with Gasteiger partial charge >= 0.3 is 0 Å². The predicted molar refractivity (Wildman–Crippen MR) is 82.5 cm³/mol. The van der Waals surface area contributed by atoms with E-state index in [-0.39, 0.29) is 10.9 Å². The fraction of sp³-hybridized carbons (Fsp3) is 0.625. The van der Waals surface area contributed by atoms with E-state index >= 15 is 0 Å². The lowest BCUT2D eigenvalue weighted by molar-refractivity contribution is 0.279. The van der Waals surface area contributed by atoms with Crippen molar-refractivity contribution in [3.05, 3.63) is 35.6 Å². The molecule has 0 bridgehead atoms. The first-order valence-electron chi connectivity index (χ1n) is 7.11. The van der Waals surface area contributed by atoms with Gasteiger partial charge in [-0.1, -0.05) is 32.9 Å². The number of hydrogen-bond acceptors (Lipinski definition) is 1. The molecule has 1 rings (SSSR count). The minimum Gasteiger partial charge on any atom is -0.417 e. The largest absolute Gasteiger partial charge is 0.417 e. The lowest BCUT2D eigenvalue weighted by Gasteiger charge is -2.36. The van der Waals surface area contributed by atoms with Gasteiger partial charge in [0.2, 0.25) is 0 Å². The first kappa shape index (κ1) is 16.4. The van der Waals surface area contributed by atoms with Gasteiger partial charge in [0.05, 0.1) is 0 Å². The average molecular weight is 282 g/mol. The van der Waals surface area contributed by atoms with Crippen LogP contribution >= 0.6 is 0 Å². The van der Waals surface area contributed by atoms with Crippen LogP contribution in [0.25, 0.3) is 0 Å². The maximum Gasteiger partial charge on any atom is 0.191 e. The van der Waals surface area contributed by atoms with Gasteiger partial charge in [-0.15, -0.1) is 0 Å². The Labute approximate surface area is 118 Å². The van der Waals surface area contributed by atoms with Gasteiger partial charge in [0.15, 0.2) is 8.32 Å². The minimum atomic E-state index is -1.59. The third-order valence-electron chi connectivity index (χ3n) is 4.04. The summed E-state index contributed by atoms with van der Waals surface area (Å²) in [5.41, 5.74) is 1.20. The van der Waals surface area contributed by atoms with Crippen LogP contribution < -0.4 is 0 Å². The van der Waals surface area contributed by atoms with Crippen LogP contribution in [0.3, 0.4) is 0 Å². The van der Waals surface area contributed by atoms with Crippen LogP contribution in [-0.4, -0.2) is 14.9 Å². The highest BCUT2D eigenvalue weighted by molar-refractivity contribution is 6.74. The Morgan fingerprint density at radius 3 is 2.16 bits per heavy atom. The van der Waals surface area contributed by atoms with Gasteiger partial charge in [-0.3, -0.25) is 0 Å². The molecule has 3 heteroatoms. The van der Waals surface area contributed by atoms with Crippen LogP contribution in [0.2, 0.25) is 18.1 Å². The molecule has 0 aliphatic rings. The highest BCUT2D eigenvalue weighted by atomic mass is 28.4. The molecule has 0 saturated heterocycles. The highest BCUT2D eigenvalue weighted by Gasteiger charge is 2.36. The third-order valence-corrected chi connectivity index (χ3v) is 8.58. The molecular weight excluding hydrogens is 255 g/mol. The van der Waals surface area contributed by atoms with Crippen LogP contribution in [0.5, 0.6) is 0 Å². The third kappa shape index (κ3) is 5.45. The van der Waals surface area contributed by atoms with E-state index in [0.29, 0.717) is 0 Å². The van der Waals surface area contributed by atoms with E-state index in [4.69, 9.17) is 4.43 Å². The van der Waals surface area contributed by atoms with E-state index in [1.54, 1.807) is 0 Å². The minimum absolute atomic E-state index is 0.162. The molecule has 108 valence electrons. The second-order valence-corrected chi connectivity index (χ2v) is 11.5. The van der Waals surface area contributed by atoms with Gasteiger partial charge in [0, 0.05) is 6.61 Å². The van der Waals surface area contributed by atoms with Crippen LogP contribution in [0.1, 0.15) is 39.2 Å². The number of unbranched alkanes of at least 4 members (excludes halogenated alkanes) is 1. The Hall–Kier alpha value is -0.673. The highest BCUT2D eigenvalue weighted by Crippen LogP contribution is 2.36. The smallest absolute Gasteiger partial charge is 0.191 e. The van der Waals surface area contributed by atoms with Gasteiger partial charge < -0.3 is 4.43 Å². The molecule has 0 unspecified atom stereocenters. The van der Waals surface area contributed by atoms with E-state index in [9.17, 15) is 4.39 Å². The molecule has 0 spiro atoms. The number of aryl methyl sites for hydroxylation is 1. The molecule has 1 nitrogen and oxygen atoms in total. The monoisotopic (exact) mass is 282 g/mol. The summed E-state index contributed by atoms with van der Waals surface area (Å²) in [6.07, 6.45) is 3.17. The van der Waals surface area contributed by atoms with Crippen molar-refractivity contribution in [1.29, 1.82) is 0 Å². The van der Waals surface area contributed by atoms with Crippen LogP contribution in [-0.2, 0) is 10.8 Å². The molecule has 0 aliphatic carbocycles. The molecule has 19 heavy (non-hydrogen) atoms. The van der Waals surface area contributed by atoms with Crippen molar-refractivity contribution in [2.24, 2.45) is 0 Å². The summed E-state index contributed by atoms with van der Waals surface area (Å²) in [6, 6.07) is 6.79. The van der Waals surface area contributed by atoms with Crippen LogP contribution in [0.4, 0.5) is 4.39 Å². The topological polar surface area (TPSA) is 9.23 Å². The molecule has 0 heterocycles. The fourth-order valence-corrected chi connectivity index (χ4v) is 2.71. The van der Waals surface area contributed by atoms with E-state index in [1.807, 2.05) is 12.1 Å². The fourth-order valence-electron chi connectivity index (χ4n) is 1.63. The van der Waals surface area contributed by atoms with Crippen LogP contribution in [0, 0.1) is 5.82 Å². The van der Waals surface area contributed by atoms with Gasteiger partial charge in [0.1, 0.15) is 5.82 Å². The zero-order valence-corrected chi connectivity index (χ0v) is 13.9. The molecule has 1 aromatic carbocycles. The molecule has 0 fully saturated rings. The molecule has 0 aliphatic heterocycles. The summed E-state index contributed by atoms with van der Waals surface area (Å²) in [5.74, 6) is -0.162. The molecule has 0 N–H and O–H groups in total. The Bertz CT molecular complexity index is 379. The molecule has 0 aromatic heterocycles. The van der Waals surface area contributed by atoms with Crippen LogP contribution in [0.15, 0.2) is 24.3 Å². The summed E-state index contributed by atoms with van der Waals surface area (Å²) < 4.78 is 18.9. The maximum absolute atomic E-state index is 12.8. The number of rotatable bonds is 6. The van der Waals surface area contributed by atoms with E-state index in [2.05, 4.69) is 33.9 Å². The first-order chi connectivity index (χ1) is 8.72. The van der Waals surface area contributed by atoms with Gasteiger partial charge in [-0.25, -0.2) is 4.39 Å². The van der Waals surface area contributed by atoms with Gasteiger partial charge in [-0.05, 0) is 55.1 Å².